The van der Waals surface area contributed by atoms with Gasteiger partial charge in [-0.25, -0.2) is 14.8 Å². The lowest BCUT2D eigenvalue weighted by molar-refractivity contribution is 0.0593. The Morgan fingerprint density at radius 3 is 2.92 bits per heavy atom. The van der Waals surface area contributed by atoms with Crippen LogP contribution >= 0.6 is 0 Å². The summed E-state index contributed by atoms with van der Waals surface area (Å²) in [6, 6.07) is 1.20. The van der Waals surface area contributed by atoms with Crippen LogP contribution in [-0.4, -0.2) is 23.0 Å². The standard InChI is InChI=1S/C8H11N3O2/c1-5(9)7-10-4-3-6(11-7)8(12)13-2/h3-5H,9H2,1-2H3. The van der Waals surface area contributed by atoms with Gasteiger partial charge in [0.25, 0.3) is 0 Å². The van der Waals surface area contributed by atoms with Crippen LogP contribution in [0.5, 0.6) is 0 Å². The fourth-order valence-electron chi connectivity index (χ4n) is 0.811. The normalized spacial score (nSPS) is 12.2. The minimum Gasteiger partial charge on any atom is -0.464 e. The predicted octanol–water partition coefficient (Wildman–Crippen LogP) is 0.283. The first kappa shape index (κ1) is 9.60. The Labute approximate surface area is 75.9 Å². The second-order valence-electron chi connectivity index (χ2n) is 2.58. The third-order valence-electron chi connectivity index (χ3n) is 1.48. The van der Waals surface area contributed by atoms with Gasteiger partial charge < -0.3 is 10.5 Å². The van der Waals surface area contributed by atoms with Gasteiger partial charge >= 0.3 is 5.97 Å². The minimum atomic E-state index is -0.482. The lowest BCUT2D eigenvalue weighted by Gasteiger charge is -2.04. The second-order valence-corrected chi connectivity index (χ2v) is 2.58. The van der Waals surface area contributed by atoms with E-state index in [4.69, 9.17) is 5.73 Å². The van der Waals surface area contributed by atoms with Crippen molar-refractivity contribution >= 4 is 5.97 Å². The monoisotopic (exact) mass is 181 g/mol. The first-order valence-corrected chi connectivity index (χ1v) is 3.82. The number of methoxy groups -OCH3 is 1. The molecule has 0 radical (unpaired) electrons. The minimum absolute atomic E-state index is 0.227. The molecule has 0 spiro atoms. The number of nitrogens with zero attached hydrogens (tertiary/aromatic N) is 2. The molecule has 0 aromatic carbocycles. The topological polar surface area (TPSA) is 78.1 Å². The van der Waals surface area contributed by atoms with Crippen molar-refractivity contribution in [2.45, 2.75) is 13.0 Å². The van der Waals surface area contributed by atoms with E-state index in [0.29, 0.717) is 5.82 Å². The van der Waals surface area contributed by atoms with Crippen molar-refractivity contribution in [3.8, 4) is 0 Å². The number of ether oxygens (including phenoxy) is 1. The number of aromatic nitrogens is 2. The third kappa shape index (κ3) is 2.22. The largest absolute Gasteiger partial charge is 0.464 e. The molecule has 1 atom stereocenters. The molecule has 5 nitrogen and oxygen atoms in total. The van der Waals surface area contributed by atoms with Gasteiger partial charge in [0.15, 0.2) is 5.69 Å². The fourth-order valence-corrected chi connectivity index (χ4v) is 0.811. The van der Waals surface area contributed by atoms with Crippen molar-refractivity contribution in [3.05, 3.63) is 23.8 Å². The molecule has 70 valence electrons. The Bertz CT molecular complexity index is 312. The molecule has 0 aliphatic carbocycles. The van der Waals surface area contributed by atoms with Crippen LogP contribution in [0.15, 0.2) is 12.3 Å². The summed E-state index contributed by atoms with van der Waals surface area (Å²) in [5.41, 5.74) is 5.77. The molecule has 0 aliphatic rings. The van der Waals surface area contributed by atoms with Crippen LogP contribution in [0.25, 0.3) is 0 Å². The average Bonchev–Trinajstić information content (AvgIpc) is 2.17. The van der Waals surface area contributed by atoms with Gasteiger partial charge in [0, 0.05) is 6.20 Å². The van der Waals surface area contributed by atoms with E-state index in [1.165, 1.54) is 19.4 Å². The number of hydrogen-bond acceptors (Lipinski definition) is 5. The van der Waals surface area contributed by atoms with Crippen molar-refractivity contribution in [2.75, 3.05) is 7.11 Å². The molecule has 1 aromatic rings. The van der Waals surface area contributed by atoms with Gasteiger partial charge in [0.1, 0.15) is 5.82 Å². The van der Waals surface area contributed by atoms with Crippen molar-refractivity contribution < 1.29 is 9.53 Å². The van der Waals surface area contributed by atoms with E-state index in [1.807, 2.05) is 0 Å². The number of carbonyl (C=O) groups excluding carboxylic acids is 1. The van der Waals surface area contributed by atoms with Gasteiger partial charge in [0.2, 0.25) is 0 Å². The van der Waals surface area contributed by atoms with Gasteiger partial charge in [-0.05, 0) is 13.0 Å². The maximum atomic E-state index is 11.0. The Kier molecular flexibility index (Phi) is 2.92. The Hall–Kier alpha value is -1.49. The van der Waals surface area contributed by atoms with Crippen LogP contribution in [0.3, 0.4) is 0 Å². The van der Waals surface area contributed by atoms with Crippen LogP contribution < -0.4 is 5.73 Å². The summed E-state index contributed by atoms with van der Waals surface area (Å²) in [5, 5.41) is 0. The second kappa shape index (κ2) is 3.95. The van der Waals surface area contributed by atoms with Crippen LogP contribution in [0.1, 0.15) is 29.3 Å². The van der Waals surface area contributed by atoms with Crippen LogP contribution in [0.4, 0.5) is 0 Å². The Morgan fingerprint density at radius 2 is 2.38 bits per heavy atom. The highest BCUT2D eigenvalue weighted by molar-refractivity contribution is 5.86. The quantitative estimate of drug-likeness (QED) is 0.663. The highest BCUT2D eigenvalue weighted by Gasteiger charge is 2.09. The van der Waals surface area contributed by atoms with Gasteiger partial charge in [-0.3, -0.25) is 0 Å². The first-order chi connectivity index (χ1) is 6.15. The van der Waals surface area contributed by atoms with Gasteiger partial charge in [0.05, 0.1) is 13.2 Å². The van der Waals surface area contributed by atoms with Crippen molar-refractivity contribution in [3.63, 3.8) is 0 Å². The smallest absolute Gasteiger partial charge is 0.356 e. The highest BCUT2D eigenvalue weighted by atomic mass is 16.5. The van der Waals surface area contributed by atoms with Gasteiger partial charge in [-0.2, -0.15) is 0 Å². The molecular formula is C8H11N3O2. The van der Waals surface area contributed by atoms with E-state index in [-0.39, 0.29) is 11.7 Å². The van der Waals surface area contributed by atoms with Gasteiger partial charge in [-0.15, -0.1) is 0 Å². The summed E-state index contributed by atoms with van der Waals surface area (Å²) in [6.45, 7) is 1.75. The maximum absolute atomic E-state index is 11.0. The highest BCUT2D eigenvalue weighted by Crippen LogP contribution is 2.03. The van der Waals surface area contributed by atoms with E-state index >= 15 is 0 Å². The van der Waals surface area contributed by atoms with Crippen LogP contribution in [0, 0.1) is 0 Å². The molecule has 0 saturated carbocycles. The van der Waals surface area contributed by atoms with E-state index in [2.05, 4.69) is 14.7 Å². The zero-order valence-electron chi connectivity index (χ0n) is 7.52. The summed E-state index contributed by atoms with van der Waals surface area (Å²) in [6.07, 6.45) is 1.48. The van der Waals surface area contributed by atoms with E-state index < -0.39 is 5.97 Å². The molecule has 1 unspecified atom stereocenters. The molecule has 0 aliphatic heterocycles. The molecular weight excluding hydrogens is 170 g/mol. The van der Waals surface area contributed by atoms with E-state index in [0.717, 1.165) is 0 Å². The zero-order chi connectivity index (χ0) is 9.84. The molecule has 2 N–H and O–H groups in total. The maximum Gasteiger partial charge on any atom is 0.356 e. The molecule has 0 fully saturated rings. The molecule has 0 amide bonds. The number of carbonyl (C=O) groups is 1. The molecule has 0 bridgehead atoms. The molecule has 1 heterocycles. The van der Waals surface area contributed by atoms with Crippen molar-refractivity contribution in [1.29, 1.82) is 0 Å². The first-order valence-electron chi connectivity index (χ1n) is 3.82. The average molecular weight is 181 g/mol. The number of nitrogens with two attached hydrogens (primary N) is 1. The fraction of sp³-hybridized carbons (Fsp3) is 0.375. The van der Waals surface area contributed by atoms with E-state index in [1.54, 1.807) is 6.92 Å². The SMILES string of the molecule is COC(=O)c1ccnc(C(C)N)n1. The molecule has 5 heteroatoms. The zero-order valence-corrected chi connectivity index (χ0v) is 7.52. The molecule has 1 rings (SSSR count). The lowest BCUT2D eigenvalue weighted by Crippen LogP contribution is -2.13. The summed E-state index contributed by atoms with van der Waals surface area (Å²) >= 11 is 0. The number of esters is 1. The Morgan fingerprint density at radius 1 is 1.69 bits per heavy atom. The van der Waals surface area contributed by atoms with Crippen LogP contribution in [0.2, 0.25) is 0 Å². The lowest BCUT2D eigenvalue weighted by atomic mass is 10.3. The Balaban J connectivity index is 2.98. The van der Waals surface area contributed by atoms with Crippen molar-refractivity contribution in [1.82, 2.24) is 9.97 Å². The van der Waals surface area contributed by atoms with E-state index in [9.17, 15) is 4.79 Å². The summed E-state index contributed by atoms with van der Waals surface area (Å²) in [5.74, 6) is -0.0489. The summed E-state index contributed by atoms with van der Waals surface area (Å²) in [4.78, 5) is 18.9. The summed E-state index contributed by atoms with van der Waals surface area (Å²) < 4.78 is 4.50. The third-order valence-corrected chi connectivity index (χ3v) is 1.48. The van der Waals surface area contributed by atoms with Crippen LogP contribution in [-0.2, 0) is 4.74 Å². The summed E-state index contributed by atoms with van der Waals surface area (Å²) in [7, 11) is 1.30. The predicted molar refractivity (Wildman–Crippen MR) is 46.0 cm³/mol. The number of hydrogen-bond donors (Lipinski definition) is 1. The van der Waals surface area contributed by atoms with Crippen molar-refractivity contribution in [2.24, 2.45) is 5.73 Å². The molecule has 13 heavy (non-hydrogen) atoms. The van der Waals surface area contributed by atoms with Gasteiger partial charge in [-0.1, -0.05) is 0 Å². The number of rotatable bonds is 2. The molecule has 0 saturated heterocycles. The molecule has 1 aromatic heterocycles.